The quantitative estimate of drug-likeness (QED) is 0.573. The highest BCUT2D eigenvalue weighted by Gasteiger charge is 2.31. The number of rotatable bonds is 5. The molecule has 0 radical (unpaired) electrons. The first kappa shape index (κ1) is 15.7. The second-order valence-electron chi connectivity index (χ2n) is 4.44. The maximum Gasteiger partial charge on any atom is 0.326 e. The topological polar surface area (TPSA) is 116 Å². The Labute approximate surface area is 112 Å². The van der Waals surface area contributed by atoms with Gasteiger partial charge < -0.3 is 15.3 Å². The number of carbonyl (C=O) groups excluding carboxylic acids is 1. The van der Waals surface area contributed by atoms with Crippen molar-refractivity contribution in [3.63, 3.8) is 0 Å². The summed E-state index contributed by atoms with van der Waals surface area (Å²) >= 11 is 0. The minimum atomic E-state index is -3.28. The first-order valence-corrected chi connectivity index (χ1v) is 7.92. The summed E-state index contributed by atoms with van der Waals surface area (Å²) in [5.74, 6) is -1.01. The highest BCUT2D eigenvalue weighted by Crippen LogP contribution is 2.16. The van der Waals surface area contributed by atoms with E-state index in [1.165, 1.54) is 4.90 Å². The van der Waals surface area contributed by atoms with Crippen LogP contribution in [0.3, 0.4) is 0 Å². The van der Waals surface area contributed by atoms with Gasteiger partial charge in [0.25, 0.3) is 0 Å². The van der Waals surface area contributed by atoms with E-state index in [0.29, 0.717) is 13.0 Å². The Hall–Kier alpha value is -1.35. The number of nitrogens with one attached hydrogen (secondary N) is 2. The van der Waals surface area contributed by atoms with Gasteiger partial charge in [-0.15, -0.1) is 0 Å². The average Bonchev–Trinajstić information content (AvgIpc) is 2.33. The number of sulfonamides is 1. The molecule has 1 rings (SSSR count). The number of hydrogen-bond donors (Lipinski definition) is 3. The number of carboxylic acids is 1. The molecule has 0 aromatic rings. The van der Waals surface area contributed by atoms with Crippen LogP contribution in [0.15, 0.2) is 0 Å². The fourth-order valence-corrected chi connectivity index (χ4v) is 2.41. The van der Waals surface area contributed by atoms with Gasteiger partial charge in [0.2, 0.25) is 10.0 Å². The summed E-state index contributed by atoms with van der Waals surface area (Å²) in [4.78, 5) is 24.1. The zero-order valence-electron chi connectivity index (χ0n) is 10.8. The standard InChI is InChI=1S/C10H19N3O5S/c1-19(17,18)12-6-5-11-10(16)13-7-3-2-4-8(13)9(14)15/h8,12H,2-7H2,1H3,(H,11,16)(H,14,15). The molecule has 0 aliphatic carbocycles. The Balaban J connectivity index is 2.41. The molecule has 19 heavy (non-hydrogen) atoms. The molecular formula is C10H19N3O5S. The van der Waals surface area contributed by atoms with Gasteiger partial charge in [-0.2, -0.15) is 0 Å². The van der Waals surface area contributed by atoms with Crippen molar-refractivity contribution in [2.24, 2.45) is 0 Å². The van der Waals surface area contributed by atoms with Crippen LogP contribution in [0.25, 0.3) is 0 Å². The number of hydrogen-bond acceptors (Lipinski definition) is 4. The molecule has 1 fully saturated rings. The summed E-state index contributed by atoms with van der Waals surface area (Å²) in [6.45, 7) is 0.604. The molecular weight excluding hydrogens is 274 g/mol. The fraction of sp³-hybridized carbons (Fsp3) is 0.800. The molecule has 1 aliphatic rings. The molecule has 1 heterocycles. The van der Waals surface area contributed by atoms with E-state index in [1.54, 1.807) is 0 Å². The van der Waals surface area contributed by atoms with E-state index < -0.39 is 28.1 Å². The third-order valence-electron chi connectivity index (χ3n) is 2.81. The summed E-state index contributed by atoms with van der Waals surface area (Å²) < 4.78 is 23.9. The Bertz CT molecular complexity index is 436. The predicted molar refractivity (Wildman–Crippen MR) is 68.2 cm³/mol. The highest BCUT2D eigenvalue weighted by molar-refractivity contribution is 7.88. The van der Waals surface area contributed by atoms with Crippen molar-refractivity contribution in [1.82, 2.24) is 14.9 Å². The zero-order chi connectivity index (χ0) is 14.5. The largest absolute Gasteiger partial charge is 0.480 e. The predicted octanol–water partition coefficient (Wildman–Crippen LogP) is -0.816. The molecule has 1 unspecified atom stereocenters. The van der Waals surface area contributed by atoms with Gasteiger partial charge in [0.1, 0.15) is 6.04 Å². The van der Waals surface area contributed by atoms with Crippen LogP contribution in [0.2, 0.25) is 0 Å². The van der Waals surface area contributed by atoms with Gasteiger partial charge >= 0.3 is 12.0 Å². The van der Waals surface area contributed by atoms with E-state index in [4.69, 9.17) is 5.11 Å². The summed E-state index contributed by atoms with van der Waals surface area (Å²) in [6, 6.07) is -1.26. The van der Waals surface area contributed by atoms with Crippen LogP contribution < -0.4 is 10.0 Å². The van der Waals surface area contributed by atoms with E-state index in [-0.39, 0.29) is 13.1 Å². The smallest absolute Gasteiger partial charge is 0.326 e. The van der Waals surface area contributed by atoms with Gasteiger partial charge in [-0.3, -0.25) is 0 Å². The van der Waals surface area contributed by atoms with Crippen molar-refractivity contribution in [3.8, 4) is 0 Å². The first-order valence-electron chi connectivity index (χ1n) is 6.03. The summed E-state index contributed by atoms with van der Waals surface area (Å²) in [5.41, 5.74) is 0. The molecule has 3 N–H and O–H groups in total. The number of nitrogens with zero attached hydrogens (tertiary/aromatic N) is 1. The van der Waals surface area contributed by atoms with E-state index >= 15 is 0 Å². The molecule has 1 saturated heterocycles. The van der Waals surface area contributed by atoms with Crippen molar-refractivity contribution in [1.29, 1.82) is 0 Å². The lowest BCUT2D eigenvalue weighted by Gasteiger charge is -2.32. The molecule has 1 atom stereocenters. The number of amides is 2. The van der Waals surface area contributed by atoms with Crippen LogP contribution in [-0.2, 0) is 14.8 Å². The van der Waals surface area contributed by atoms with Gasteiger partial charge in [-0.1, -0.05) is 0 Å². The van der Waals surface area contributed by atoms with Gasteiger partial charge in [0.05, 0.1) is 6.26 Å². The van der Waals surface area contributed by atoms with E-state index in [2.05, 4.69) is 10.0 Å². The van der Waals surface area contributed by atoms with Crippen molar-refractivity contribution in [2.45, 2.75) is 25.3 Å². The molecule has 0 bridgehead atoms. The SMILES string of the molecule is CS(=O)(=O)NCCNC(=O)N1CCCCC1C(=O)O. The van der Waals surface area contributed by atoms with Crippen LogP contribution >= 0.6 is 0 Å². The molecule has 1 aliphatic heterocycles. The maximum absolute atomic E-state index is 11.8. The van der Waals surface area contributed by atoms with Crippen LogP contribution in [-0.4, -0.2) is 62.4 Å². The molecule has 8 nitrogen and oxygen atoms in total. The zero-order valence-corrected chi connectivity index (χ0v) is 11.6. The number of urea groups is 1. The normalized spacial score (nSPS) is 20.1. The van der Waals surface area contributed by atoms with Crippen LogP contribution in [0.5, 0.6) is 0 Å². The lowest BCUT2D eigenvalue weighted by Crippen LogP contribution is -2.52. The van der Waals surface area contributed by atoms with E-state index in [9.17, 15) is 18.0 Å². The number of piperidine rings is 1. The second-order valence-corrected chi connectivity index (χ2v) is 6.27. The second kappa shape index (κ2) is 6.71. The first-order chi connectivity index (χ1) is 8.81. The number of aliphatic carboxylic acids is 1. The maximum atomic E-state index is 11.8. The molecule has 9 heteroatoms. The average molecular weight is 293 g/mol. The third-order valence-corrected chi connectivity index (χ3v) is 3.54. The van der Waals surface area contributed by atoms with Crippen molar-refractivity contribution in [3.05, 3.63) is 0 Å². The summed E-state index contributed by atoms with van der Waals surface area (Å²) in [6.07, 6.45) is 3.04. The number of carbonyl (C=O) groups is 2. The molecule has 0 saturated carbocycles. The molecule has 110 valence electrons. The van der Waals surface area contributed by atoms with Gasteiger partial charge in [-0.05, 0) is 19.3 Å². The monoisotopic (exact) mass is 293 g/mol. The highest BCUT2D eigenvalue weighted by atomic mass is 32.2. The minimum absolute atomic E-state index is 0.0795. The summed E-state index contributed by atoms with van der Waals surface area (Å²) in [7, 11) is -3.28. The minimum Gasteiger partial charge on any atom is -0.480 e. The van der Waals surface area contributed by atoms with Crippen LogP contribution in [0.4, 0.5) is 4.79 Å². The van der Waals surface area contributed by atoms with Crippen molar-refractivity contribution in [2.75, 3.05) is 25.9 Å². The van der Waals surface area contributed by atoms with Gasteiger partial charge in [0.15, 0.2) is 0 Å². The lowest BCUT2D eigenvalue weighted by molar-refractivity contribution is -0.143. The van der Waals surface area contributed by atoms with Crippen molar-refractivity contribution >= 4 is 22.0 Å². The van der Waals surface area contributed by atoms with Gasteiger partial charge in [-0.25, -0.2) is 22.7 Å². The summed E-state index contributed by atoms with van der Waals surface area (Å²) in [5, 5.41) is 11.5. The molecule has 2 amide bonds. The van der Waals surface area contributed by atoms with Gasteiger partial charge in [0, 0.05) is 19.6 Å². The third kappa shape index (κ3) is 5.43. The number of likely N-dealkylation sites (tertiary alicyclic amines) is 1. The molecule has 0 aromatic carbocycles. The number of carboxylic acid groups (broad SMARTS) is 1. The Kier molecular flexibility index (Phi) is 5.55. The van der Waals surface area contributed by atoms with Crippen LogP contribution in [0.1, 0.15) is 19.3 Å². The Morgan fingerprint density at radius 1 is 1.32 bits per heavy atom. The lowest BCUT2D eigenvalue weighted by atomic mass is 10.0. The van der Waals surface area contributed by atoms with E-state index in [0.717, 1.165) is 19.1 Å². The van der Waals surface area contributed by atoms with Crippen LogP contribution in [0, 0.1) is 0 Å². The van der Waals surface area contributed by atoms with E-state index in [1.807, 2.05) is 0 Å². The van der Waals surface area contributed by atoms with Crippen molar-refractivity contribution < 1.29 is 23.1 Å². The Morgan fingerprint density at radius 3 is 2.58 bits per heavy atom. The molecule has 0 aromatic heterocycles. The Morgan fingerprint density at radius 2 is 2.00 bits per heavy atom. The fourth-order valence-electron chi connectivity index (χ4n) is 1.94. The molecule has 0 spiro atoms.